The molecule has 0 atom stereocenters. The highest BCUT2D eigenvalue weighted by Crippen LogP contribution is 2.34. The number of unbranched alkanes of at least 4 members (excludes halogenated alkanes) is 9. The first kappa shape index (κ1) is 20.8. The minimum atomic E-state index is -0.571. The van der Waals surface area contributed by atoms with Gasteiger partial charge < -0.3 is 5.11 Å². The van der Waals surface area contributed by atoms with E-state index < -0.39 is 11.6 Å². The minimum Gasteiger partial charge on any atom is -0.506 e. The number of fused-ring (bicyclic) bond motifs is 1. The highest BCUT2D eigenvalue weighted by molar-refractivity contribution is 8.04. The van der Waals surface area contributed by atoms with Crippen LogP contribution in [0.3, 0.4) is 0 Å². The van der Waals surface area contributed by atoms with Gasteiger partial charge in [0.25, 0.3) is 0 Å². The van der Waals surface area contributed by atoms with Gasteiger partial charge in [0.2, 0.25) is 11.6 Å². The molecule has 1 aliphatic carbocycles. The number of ketones is 2. The summed E-state index contributed by atoms with van der Waals surface area (Å²) < 4.78 is 0. The van der Waals surface area contributed by atoms with Crippen molar-refractivity contribution in [1.29, 1.82) is 0 Å². The first-order chi connectivity index (χ1) is 12.7. The van der Waals surface area contributed by atoms with Crippen molar-refractivity contribution >= 4 is 29.1 Å². The smallest absolute Gasteiger partial charge is 0.243 e. The van der Waals surface area contributed by atoms with Gasteiger partial charge in [0.15, 0.2) is 0 Å². The van der Waals surface area contributed by atoms with Gasteiger partial charge in [-0.1, -0.05) is 89.0 Å². The summed E-state index contributed by atoms with van der Waals surface area (Å²) in [7, 11) is 0. The van der Waals surface area contributed by atoms with Crippen molar-refractivity contribution in [2.45, 2.75) is 71.1 Å². The highest BCUT2D eigenvalue weighted by atomic mass is 32.2. The minimum absolute atomic E-state index is 0.0396. The molecule has 26 heavy (non-hydrogen) atoms. The van der Waals surface area contributed by atoms with Crippen LogP contribution in [-0.2, 0) is 4.79 Å². The Hall–Kier alpha value is -1.55. The molecule has 0 saturated carbocycles. The van der Waals surface area contributed by atoms with Gasteiger partial charge in [-0.25, -0.2) is 0 Å². The Balaban J connectivity index is 1.68. The Morgan fingerprint density at radius 2 is 1.31 bits per heavy atom. The molecule has 1 aromatic carbocycles. The summed E-state index contributed by atoms with van der Waals surface area (Å²) in [4.78, 5) is 24.6. The Labute approximate surface area is 161 Å². The number of carbonyl (C=O) groups is 2. The van der Waals surface area contributed by atoms with Crippen LogP contribution in [0.1, 0.15) is 87.1 Å². The molecule has 3 nitrogen and oxygen atoms in total. The maximum Gasteiger partial charge on any atom is 0.243 e. The summed E-state index contributed by atoms with van der Waals surface area (Å²) in [6.45, 7) is 2.24. The zero-order valence-electron chi connectivity index (χ0n) is 15.8. The lowest BCUT2D eigenvalue weighted by Crippen LogP contribution is -2.22. The Morgan fingerprint density at radius 1 is 0.769 bits per heavy atom. The maximum atomic E-state index is 12.2. The lowest BCUT2D eigenvalue weighted by atomic mass is 9.94. The zero-order chi connectivity index (χ0) is 18.8. The summed E-state index contributed by atoms with van der Waals surface area (Å²) >= 11 is 1.32. The van der Waals surface area contributed by atoms with Crippen molar-refractivity contribution < 1.29 is 14.7 Å². The van der Waals surface area contributed by atoms with E-state index in [1.165, 1.54) is 63.1 Å². The summed E-state index contributed by atoms with van der Waals surface area (Å²) in [5.74, 6) is -0.360. The third kappa shape index (κ3) is 5.73. The van der Waals surface area contributed by atoms with Gasteiger partial charge in [0.05, 0.1) is 0 Å². The lowest BCUT2D eigenvalue weighted by Gasteiger charge is -2.17. The van der Waals surface area contributed by atoms with E-state index in [1.54, 1.807) is 24.3 Å². The molecule has 0 unspecified atom stereocenters. The molecule has 0 aliphatic heterocycles. The molecular formula is C22H30O3S. The molecule has 0 spiro atoms. The molecule has 0 bridgehead atoms. The quantitative estimate of drug-likeness (QED) is 0.343. The van der Waals surface area contributed by atoms with Gasteiger partial charge in [-0.05, 0) is 12.2 Å². The Bertz CT molecular complexity index is 649. The average Bonchev–Trinajstić information content (AvgIpc) is 2.66. The van der Waals surface area contributed by atoms with E-state index in [1.807, 2.05) is 0 Å². The van der Waals surface area contributed by atoms with Crippen molar-refractivity contribution in [3.05, 3.63) is 40.3 Å². The van der Waals surface area contributed by atoms with Crippen molar-refractivity contribution in [2.75, 3.05) is 5.75 Å². The summed E-state index contributed by atoms with van der Waals surface area (Å²) in [5, 5.41) is 10.4. The number of hydrogen-bond acceptors (Lipinski definition) is 4. The van der Waals surface area contributed by atoms with E-state index in [0.29, 0.717) is 11.1 Å². The molecule has 1 aromatic rings. The van der Waals surface area contributed by atoms with Crippen molar-refractivity contribution in [3.8, 4) is 0 Å². The fraction of sp³-hybridized carbons (Fsp3) is 0.545. The number of carbonyl (C=O) groups excluding carboxylic acids is 2. The van der Waals surface area contributed by atoms with Crippen LogP contribution in [0.2, 0.25) is 0 Å². The molecule has 142 valence electrons. The number of aliphatic hydroxyl groups excluding tert-OH is 1. The first-order valence-corrected chi connectivity index (χ1v) is 10.9. The second-order valence-corrected chi connectivity index (χ2v) is 8.02. The van der Waals surface area contributed by atoms with Crippen LogP contribution >= 0.6 is 11.8 Å². The maximum absolute atomic E-state index is 12.2. The monoisotopic (exact) mass is 374 g/mol. The third-order valence-electron chi connectivity index (χ3n) is 4.80. The van der Waals surface area contributed by atoms with Gasteiger partial charge in [-0.3, -0.25) is 9.59 Å². The molecular weight excluding hydrogens is 344 g/mol. The molecule has 0 amide bonds. The molecule has 1 N–H and O–H groups in total. The standard InChI is InChI=1S/C22H30O3S/c1-2-3-4-5-6-7-8-9-10-13-16-26-22-20(24)18-15-12-11-14-17(18)19(23)21(22)25/h11-12,14-15,24H,2-10,13,16H2,1H3. The number of hydrogen-bond donors (Lipinski definition) is 1. The molecule has 2 rings (SSSR count). The van der Waals surface area contributed by atoms with Gasteiger partial charge in [-0.15, -0.1) is 11.8 Å². The van der Waals surface area contributed by atoms with Gasteiger partial charge in [-0.2, -0.15) is 0 Å². The van der Waals surface area contributed by atoms with Gasteiger partial charge >= 0.3 is 0 Å². The normalized spacial score (nSPS) is 14.0. The van der Waals surface area contributed by atoms with Crippen LogP contribution in [0.5, 0.6) is 0 Å². The van der Waals surface area contributed by atoms with Crippen molar-refractivity contribution in [3.63, 3.8) is 0 Å². The third-order valence-corrected chi connectivity index (χ3v) is 5.96. The zero-order valence-corrected chi connectivity index (χ0v) is 16.6. The number of benzene rings is 1. The molecule has 0 heterocycles. The van der Waals surface area contributed by atoms with Crippen LogP contribution in [0.15, 0.2) is 29.2 Å². The largest absolute Gasteiger partial charge is 0.506 e. The molecule has 0 aromatic heterocycles. The Morgan fingerprint density at radius 3 is 1.92 bits per heavy atom. The summed E-state index contributed by atoms with van der Waals surface area (Å²) in [6, 6.07) is 6.76. The average molecular weight is 375 g/mol. The first-order valence-electron chi connectivity index (χ1n) is 9.91. The molecule has 0 fully saturated rings. The molecule has 4 heteroatoms. The second kappa shape index (κ2) is 11.2. The predicted molar refractivity (Wildman–Crippen MR) is 110 cm³/mol. The number of thioether (sulfide) groups is 1. The fourth-order valence-corrected chi connectivity index (χ4v) is 4.26. The number of allylic oxidation sites excluding steroid dienone is 1. The van der Waals surface area contributed by atoms with Crippen LogP contribution in [0.25, 0.3) is 5.76 Å². The second-order valence-electron chi connectivity index (χ2n) is 6.91. The van der Waals surface area contributed by atoms with E-state index in [4.69, 9.17) is 0 Å². The molecule has 0 radical (unpaired) electrons. The van der Waals surface area contributed by atoms with E-state index in [-0.39, 0.29) is 10.7 Å². The van der Waals surface area contributed by atoms with Gasteiger partial charge in [0, 0.05) is 11.1 Å². The predicted octanol–water partition coefficient (Wildman–Crippen LogP) is 6.33. The van der Waals surface area contributed by atoms with E-state index in [9.17, 15) is 14.7 Å². The van der Waals surface area contributed by atoms with Crippen LogP contribution in [0.4, 0.5) is 0 Å². The van der Waals surface area contributed by atoms with Crippen LogP contribution in [0, 0.1) is 0 Å². The highest BCUT2D eigenvalue weighted by Gasteiger charge is 2.32. The van der Waals surface area contributed by atoms with Gasteiger partial charge in [0.1, 0.15) is 10.7 Å². The summed E-state index contributed by atoms with van der Waals surface area (Å²) in [6.07, 6.45) is 12.6. The lowest BCUT2D eigenvalue weighted by molar-refractivity contribution is -0.111. The number of aliphatic hydroxyl groups is 1. The topological polar surface area (TPSA) is 54.4 Å². The van der Waals surface area contributed by atoms with E-state index >= 15 is 0 Å². The fourth-order valence-electron chi connectivity index (χ4n) is 3.24. The van der Waals surface area contributed by atoms with Crippen molar-refractivity contribution in [1.82, 2.24) is 0 Å². The number of rotatable bonds is 12. The van der Waals surface area contributed by atoms with E-state index in [0.717, 1.165) is 18.6 Å². The Kier molecular flexibility index (Phi) is 8.96. The number of Topliss-reactive ketones (excluding diaryl/α,β-unsaturated/α-hetero) is 2. The van der Waals surface area contributed by atoms with Crippen molar-refractivity contribution in [2.24, 2.45) is 0 Å². The van der Waals surface area contributed by atoms with Crippen LogP contribution < -0.4 is 0 Å². The molecule has 0 saturated heterocycles. The SMILES string of the molecule is CCCCCCCCCCCCSC1=C(O)c2ccccc2C(=O)C1=O. The van der Waals surface area contributed by atoms with Crippen LogP contribution in [-0.4, -0.2) is 22.4 Å². The summed E-state index contributed by atoms with van der Waals surface area (Å²) in [5.41, 5.74) is 0.779. The van der Waals surface area contributed by atoms with E-state index in [2.05, 4.69) is 6.92 Å². The molecule has 1 aliphatic rings.